The molecule has 0 unspecified atom stereocenters. The summed E-state index contributed by atoms with van der Waals surface area (Å²) in [5.41, 5.74) is 1.42. The van der Waals surface area contributed by atoms with E-state index >= 15 is 0 Å². The van der Waals surface area contributed by atoms with Crippen molar-refractivity contribution in [3.63, 3.8) is 0 Å². The van der Waals surface area contributed by atoms with Gasteiger partial charge in [0.15, 0.2) is 17.3 Å². The minimum Gasteiger partial charge on any atom is -0.495 e. The van der Waals surface area contributed by atoms with Crippen molar-refractivity contribution < 1.29 is 9.53 Å². The van der Waals surface area contributed by atoms with Gasteiger partial charge in [0.05, 0.1) is 12.8 Å². The highest BCUT2D eigenvalue weighted by molar-refractivity contribution is 5.91. The Kier molecular flexibility index (Phi) is 4.09. The molecule has 0 atom stereocenters. The number of nitrogens with zero attached hydrogens (tertiary/aromatic N) is 4. The molecule has 0 aliphatic carbocycles. The third-order valence-electron chi connectivity index (χ3n) is 4.00. The number of hydrogen-bond acceptors (Lipinski definition) is 6. The Morgan fingerprint density at radius 3 is 2.67 bits per heavy atom. The average Bonchev–Trinajstić information content (AvgIpc) is 3.04. The number of fused-ring (bicyclic) bond motifs is 1. The molecular formula is C18H14N6O3. The first kappa shape index (κ1) is 16.5. The fourth-order valence-electron chi connectivity index (χ4n) is 2.81. The number of ether oxygens (including phenoxy) is 1. The van der Waals surface area contributed by atoms with E-state index in [2.05, 4.69) is 25.3 Å². The number of hydrogen-bond donors (Lipinski definition) is 2. The molecule has 1 aromatic carbocycles. The number of amides is 1. The molecule has 1 amide bonds. The van der Waals surface area contributed by atoms with E-state index in [0.29, 0.717) is 40.4 Å². The van der Waals surface area contributed by atoms with Gasteiger partial charge in [-0.1, -0.05) is 12.1 Å². The Hall–Kier alpha value is -4.01. The van der Waals surface area contributed by atoms with Crippen LogP contribution in [-0.4, -0.2) is 38.0 Å². The number of nitrogens with one attached hydrogen (secondary N) is 2. The molecule has 0 radical (unpaired) electrons. The Morgan fingerprint density at radius 1 is 1.15 bits per heavy atom. The minimum absolute atomic E-state index is 0.201. The summed E-state index contributed by atoms with van der Waals surface area (Å²) in [6, 6.07) is 10.6. The van der Waals surface area contributed by atoms with Crippen LogP contribution in [0.4, 0.5) is 5.82 Å². The molecule has 4 rings (SSSR count). The number of imidazole rings is 1. The molecule has 0 bridgehead atoms. The van der Waals surface area contributed by atoms with E-state index < -0.39 is 5.69 Å². The lowest BCUT2D eigenvalue weighted by atomic mass is 10.2. The van der Waals surface area contributed by atoms with Gasteiger partial charge >= 0.3 is 5.69 Å². The number of methoxy groups -OCH3 is 1. The number of aromatic amines is 1. The number of benzene rings is 1. The maximum absolute atomic E-state index is 12.7. The number of carbonyl (C=O) groups excluding carboxylic acids is 1. The summed E-state index contributed by atoms with van der Waals surface area (Å²) < 4.78 is 6.75. The van der Waals surface area contributed by atoms with Crippen molar-refractivity contribution in [1.82, 2.24) is 24.5 Å². The maximum Gasteiger partial charge on any atom is 0.332 e. The van der Waals surface area contributed by atoms with Gasteiger partial charge in [-0.25, -0.2) is 19.3 Å². The smallest absolute Gasteiger partial charge is 0.332 e. The zero-order chi connectivity index (χ0) is 18.8. The highest BCUT2D eigenvalue weighted by Crippen LogP contribution is 2.27. The number of aromatic nitrogens is 5. The summed E-state index contributed by atoms with van der Waals surface area (Å²) in [5.74, 6) is 1.05. The topological polar surface area (TPSA) is 115 Å². The van der Waals surface area contributed by atoms with E-state index in [-0.39, 0.29) is 5.82 Å². The van der Waals surface area contributed by atoms with Gasteiger partial charge in [0.2, 0.25) is 6.41 Å². The molecule has 0 saturated carbocycles. The van der Waals surface area contributed by atoms with Crippen LogP contribution in [0.5, 0.6) is 5.75 Å². The Morgan fingerprint density at radius 2 is 1.93 bits per heavy atom. The largest absolute Gasteiger partial charge is 0.495 e. The number of anilines is 1. The van der Waals surface area contributed by atoms with Crippen molar-refractivity contribution in [3.05, 3.63) is 59.3 Å². The zero-order valence-corrected chi connectivity index (χ0v) is 14.2. The molecule has 0 aliphatic heterocycles. The molecular weight excluding hydrogens is 348 g/mol. The number of carbonyl (C=O) groups is 1. The van der Waals surface area contributed by atoms with Crippen molar-refractivity contribution in [3.8, 4) is 22.8 Å². The predicted octanol–water partition coefficient (Wildman–Crippen LogP) is 1.75. The van der Waals surface area contributed by atoms with Gasteiger partial charge in [0.25, 0.3) is 0 Å². The second-order valence-electron chi connectivity index (χ2n) is 5.53. The third-order valence-corrected chi connectivity index (χ3v) is 4.00. The lowest BCUT2D eigenvalue weighted by Crippen LogP contribution is -2.15. The Balaban J connectivity index is 2.06. The number of rotatable bonds is 5. The second kappa shape index (κ2) is 6.71. The van der Waals surface area contributed by atoms with Crippen LogP contribution in [0.3, 0.4) is 0 Å². The first-order valence-electron chi connectivity index (χ1n) is 7.99. The molecule has 9 nitrogen and oxygen atoms in total. The quantitative estimate of drug-likeness (QED) is 0.523. The van der Waals surface area contributed by atoms with Gasteiger partial charge in [0.1, 0.15) is 11.3 Å². The fraction of sp³-hybridized carbons (Fsp3) is 0.0556. The second-order valence-corrected chi connectivity index (χ2v) is 5.53. The number of pyridine rings is 1. The molecule has 4 aromatic rings. The normalized spacial score (nSPS) is 10.7. The van der Waals surface area contributed by atoms with Crippen LogP contribution in [0, 0.1) is 0 Å². The van der Waals surface area contributed by atoms with E-state index in [1.54, 1.807) is 48.8 Å². The van der Waals surface area contributed by atoms with Crippen molar-refractivity contribution in [2.75, 3.05) is 12.4 Å². The molecule has 2 N–H and O–H groups in total. The molecule has 0 aliphatic rings. The van der Waals surface area contributed by atoms with Gasteiger partial charge in [-0.3, -0.25) is 9.78 Å². The lowest BCUT2D eigenvalue weighted by molar-refractivity contribution is -0.105. The molecule has 0 fully saturated rings. The molecule has 3 heterocycles. The van der Waals surface area contributed by atoms with Gasteiger partial charge < -0.3 is 15.0 Å². The van der Waals surface area contributed by atoms with Crippen molar-refractivity contribution >= 4 is 23.4 Å². The van der Waals surface area contributed by atoms with Gasteiger partial charge in [0, 0.05) is 18.0 Å². The fourth-order valence-corrected chi connectivity index (χ4v) is 2.81. The molecule has 9 heteroatoms. The van der Waals surface area contributed by atoms with Crippen LogP contribution < -0.4 is 15.7 Å². The van der Waals surface area contributed by atoms with E-state index in [0.717, 1.165) is 0 Å². The van der Waals surface area contributed by atoms with Gasteiger partial charge in [-0.05, 0) is 24.3 Å². The SMILES string of the molecule is COc1ccccc1-n1c(=O)[nH]c2c(NC=O)nc(-c3ccncc3)nc21. The number of para-hydroxylation sites is 2. The zero-order valence-electron chi connectivity index (χ0n) is 14.2. The molecule has 27 heavy (non-hydrogen) atoms. The van der Waals surface area contributed by atoms with Crippen LogP contribution in [0.1, 0.15) is 0 Å². The third kappa shape index (κ3) is 2.80. The van der Waals surface area contributed by atoms with Crippen molar-refractivity contribution in [2.24, 2.45) is 0 Å². The van der Waals surface area contributed by atoms with Crippen LogP contribution in [-0.2, 0) is 4.79 Å². The maximum atomic E-state index is 12.7. The summed E-state index contributed by atoms with van der Waals surface area (Å²) in [7, 11) is 1.52. The summed E-state index contributed by atoms with van der Waals surface area (Å²) in [6.07, 6.45) is 3.72. The van der Waals surface area contributed by atoms with Crippen molar-refractivity contribution in [2.45, 2.75) is 0 Å². The Bertz CT molecular complexity index is 1180. The highest BCUT2D eigenvalue weighted by atomic mass is 16.5. The standard InChI is InChI=1S/C18H14N6O3/c1-27-13-5-3-2-4-12(13)24-17-14(21-18(24)26)16(20-10-25)22-15(23-17)11-6-8-19-9-7-11/h2-10H,1H3,(H,21,26)(H,20,22,23,25). The summed E-state index contributed by atoms with van der Waals surface area (Å²) >= 11 is 0. The van der Waals surface area contributed by atoms with Gasteiger partial charge in [-0.2, -0.15) is 0 Å². The average molecular weight is 362 g/mol. The summed E-state index contributed by atoms with van der Waals surface area (Å²) in [4.78, 5) is 39.3. The number of H-pyrrole nitrogens is 1. The molecule has 3 aromatic heterocycles. The molecule has 134 valence electrons. The first-order valence-corrected chi connectivity index (χ1v) is 7.99. The summed E-state index contributed by atoms with van der Waals surface area (Å²) in [5, 5.41) is 2.52. The lowest BCUT2D eigenvalue weighted by Gasteiger charge is -2.10. The van der Waals surface area contributed by atoms with Crippen LogP contribution in [0.15, 0.2) is 53.6 Å². The summed E-state index contributed by atoms with van der Waals surface area (Å²) in [6.45, 7) is 0. The van der Waals surface area contributed by atoms with Crippen LogP contribution in [0.25, 0.3) is 28.2 Å². The van der Waals surface area contributed by atoms with Crippen LogP contribution in [0.2, 0.25) is 0 Å². The molecule has 0 saturated heterocycles. The van der Waals surface area contributed by atoms with E-state index in [9.17, 15) is 9.59 Å². The molecule has 0 spiro atoms. The monoisotopic (exact) mass is 362 g/mol. The van der Waals surface area contributed by atoms with Crippen molar-refractivity contribution in [1.29, 1.82) is 0 Å². The van der Waals surface area contributed by atoms with Crippen LogP contribution >= 0.6 is 0 Å². The first-order chi connectivity index (χ1) is 13.2. The highest BCUT2D eigenvalue weighted by Gasteiger charge is 2.19. The Labute approximate surface area is 152 Å². The van der Waals surface area contributed by atoms with Gasteiger partial charge in [-0.15, -0.1) is 0 Å². The van der Waals surface area contributed by atoms with E-state index in [1.807, 2.05) is 0 Å². The predicted molar refractivity (Wildman–Crippen MR) is 99.0 cm³/mol. The van der Waals surface area contributed by atoms with E-state index in [4.69, 9.17) is 4.74 Å². The minimum atomic E-state index is -0.426. The van der Waals surface area contributed by atoms with E-state index in [1.165, 1.54) is 11.7 Å².